The molecular weight excluding hydrogens is 256 g/mol. The van der Waals surface area contributed by atoms with Gasteiger partial charge in [-0.25, -0.2) is 4.98 Å². The maximum Gasteiger partial charge on any atom is 0.0813 e. The van der Waals surface area contributed by atoms with E-state index in [1.165, 1.54) is 10.3 Å². The third-order valence-corrected chi connectivity index (χ3v) is 3.83. The fraction of sp³-hybridized carbons (Fsp3) is 0.133. The number of aromatic nitrogens is 1. The fourth-order valence-electron chi connectivity index (χ4n) is 1.93. The van der Waals surface area contributed by atoms with Gasteiger partial charge in [-0.3, -0.25) is 0 Å². The van der Waals surface area contributed by atoms with Crippen LogP contribution in [-0.2, 0) is 13.2 Å². The number of benzene rings is 2. The molecule has 0 amide bonds. The van der Waals surface area contributed by atoms with Crippen LogP contribution in [-0.4, -0.2) is 10.1 Å². The number of nitrogens with one attached hydrogen (secondary N) is 1. The Labute approximate surface area is 115 Å². The van der Waals surface area contributed by atoms with E-state index in [-0.39, 0.29) is 6.61 Å². The van der Waals surface area contributed by atoms with Crippen molar-refractivity contribution in [3.8, 4) is 0 Å². The van der Waals surface area contributed by atoms with Crippen molar-refractivity contribution in [3.05, 3.63) is 59.1 Å². The molecule has 2 aromatic carbocycles. The molecule has 0 bridgehead atoms. The van der Waals surface area contributed by atoms with Crippen LogP contribution >= 0.6 is 11.3 Å². The van der Waals surface area contributed by atoms with Gasteiger partial charge in [0.1, 0.15) is 0 Å². The van der Waals surface area contributed by atoms with Gasteiger partial charge in [-0.1, -0.05) is 24.3 Å². The molecule has 3 rings (SSSR count). The Morgan fingerprint density at radius 3 is 2.63 bits per heavy atom. The normalized spacial score (nSPS) is 10.8. The van der Waals surface area contributed by atoms with Crippen molar-refractivity contribution in [2.24, 2.45) is 0 Å². The molecule has 1 heterocycles. The first kappa shape index (κ1) is 12.1. The van der Waals surface area contributed by atoms with E-state index in [9.17, 15) is 0 Å². The van der Waals surface area contributed by atoms with Crippen molar-refractivity contribution in [2.75, 3.05) is 5.32 Å². The highest BCUT2D eigenvalue weighted by molar-refractivity contribution is 7.16. The summed E-state index contributed by atoms with van der Waals surface area (Å²) < 4.78 is 1.20. The Bertz CT molecular complexity index is 676. The van der Waals surface area contributed by atoms with E-state index in [4.69, 9.17) is 5.11 Å². The zero-order valence-corrected chi connectivity index (χ0v) is 11.2. The maximum atomic E-state index is 9.00. The molecule has 96 valence electrons. The average molecular weight is 270 g/mol. The highest BCUT2D eigenvalue weighted by Gasteiger charge is 1.99. The number of aliphatic hydroxyl groups is 1. The molecule has 0 aliphatic carbocycles. The van der Waals surface area contributed by atoms with Crippen molar-refractivity contribution in [1.29, 1.82) is 0 Å². The Kier molecular flexibility index (Phi) is 3.44. The third kappa shape index (κ3) is 2.75. The first-order valence-electron chi connectivity index (χ1n) is 6.11. The van der Waals surface area contributed by atoms with E-state index in [0.29, 0.717) is 0 Å². The zero-order chi connectivity index (χ0) is 13.1. The van der Waals surface area contributed by atoms with Crippen molar-refractivity contribution in [1.82, 2.24) is 4.98 Å². The molecule has 3 nitrogen and oxygen atoms in total. The molecule has 0 aliphatic heterocycles. The molecular formula is C15H14N2OS. The summed E-state index contributed by atoms with van der Waals surface area (Å²) in [6, 6.07) is 14.2. The summed E-state index contributed by atoms with van der Waals surface area (Å²) in [6.07, 6.45) is 0. The molecule has 1 aromatic heterocycles. The Morgan fingerprint density at radius 2 is 1.84 bits per heavy atom. The van der Waals surface area contributed by atoms with Crippen LogP contribution in [0, 0.1) is 0 Å². The molecule has 0 fully saturated rings. The van der Waals surface area contributed by atoms with E-state index in [0.717, 1.165) is 23.3 Å². The number of aliphatic hydroxyl groups excluding tert-OH is 1. The molecule has 0 spiro atoms. The van der Waals surface area contributed by atoms with Crippen LogP contribution in [0.2, 0.25) is 0 Å². The number of anilines is 1. The van der Waals surface area contributed by atoms with Gasteiger partial charge in [0.25, 0.3) is 0 Å². The minimum atomic E-state index is 0.0930. The first-order chi connectivity index (χ1) is 9.35. The summed E-state index contributed by atoms with van der Waals surface area (Å²) in [7, 11) is 0. The largest absolute Gasteiger partial charge is 0.392 e. The van der Waals surface area contributed by atoms with Crippen molar-refractivity contribution in [2.45, 2.75) is 13.2 Å². The first-order valence-corrected chi connectivity index (χ1v) is 6.99. The predicted octanol–water partition coefficient (Wildman–Crippen LogP) is 3.40. The monoisotopic (exact) mass is 270 g/mol. The van der Waals surface area contributed by atoms with Gasteiger partial charge in [-0.15, -0.1) is 11.3 Å². The second kappa shape index (κ2) is 5.38. The van der Waals surface area contributed by atoms with Crippen LogP contribution in [0.15, 0.2) is 48.0 Å². The molecule has 19 heavy (non-hydrogen) atoms. The molecule has 4 heteroatoms. The number of thiazole rings is 1. The van der Waals surface area contributed by atoms with Crippen LogP contribution in [0.1, 0.15) is 11.1 Å². The second-order valence-electron chi connectivity index (χ2n) is 4.36. The molecule has 0 saturated heterocycles. The highest BCUT2D eigenvalue weighted by atomic mass is 32.1. The Morgan fingerprint density at radius 1 is 1.05 bits per heavy atom. The van der Waals surface area contributed by atoms with Gasteiger partial charge in [-0.2, -0.15) is 0 Å². The van der Waals surface area contributed by atoms with Crippen molar-refractivity contribution >= 4 is 27.2 Å². The van der Waals surface area contributed by atoms with E-state index >= 15 is 0 Å². The topological polar surface area (TPSA) is 45.1 Å². The lowest BCUT2D eigenvalue weighted by molar-refractivity contribution is 0.282. The Balaban J connectivity index is 1.70. The minimum Gasteiger partial charge on any atom is -0.392 e. The van der Waals surface area contributed by atoms with Crippen molar-refractivity contribution < 1.29 is 5.11 Å². The van der Waals surface area contributed by atoms with Gasteiger partial charge in [0.05, 0.1) is 22.3 Å². The highest BCUT2D eigenvalue weighted by Crippen LogP contribution is 2.22. The average Bonchev–Trinajstić information content (AvgIpc) is 2.93. The molecule has 3 aromatic rings. The summed E-state index contributed by atoms with van der Waals surface area (Å²) >= 11 is 1.65. The van der Waals surface area contributed by atoms with Gasteiger partial charge >= 0.3 is 0 Å². The van der Waals surface area contributed by atoms with Gasteiger partial charge < -0.3 is 10.4 Å². The second-order valence-corrected chi connectivity index (χ2v) is 5.25. The van der Waals surface area contributed by atoms with E-state index in [2.05, 4.69) is 16.4 Å². The lowest BCUT2D eigenvalue weighted by atomic mass is 10.1. The molecule has 2 N–H and O–H groups in total. The molecule has 0 aliphatic rings. The van der Waals surface area contributed by atoms with E-state index in [1.54, 1.807) is 11.3 Å². The quantitative estimate of drug-likeness (QED) is 0.763. The summed E-state index contributed by atoms with van der Waals surface area (Å²) in [5.41, 5.74) is 6.14. The van der Waals surface area contributed by atoms with Gasteiger partial charge in [0, 0.05) is 12.2 Å². The molecule has 0 radical (unpaired) electrons. The summed E-state index contributed by atoms with van der Waals surface area (Å²) in [5, 5.41) is 12.4. The molecule has 0 unspecified atom stereocenters. The zero-order valence-electron chi connectivity index (χ0n) is 10.3. The van der Waals surface area contributed by atoms with Crippen LogP contribution in [0.4, 0.5) is 5.69 Å². The maximum absolute atomic E-state index is 9.00. The number of nitrogens with zero attached hydrogens (tertiary/aromatic N) is 1. The smallest absolute Gasteiger partial charge is 0.0813 e. The van der Waals surface area contributed by atoms with Crippen LogP contribution in [0.5, 0.6) is 0 Å². The number of hydrogen-bond donors (Lipinski definition) is 2. The molecule has 0 atom stereocenters. The number of rotatable bonds is 4. The van der Waals surface area contributed by atoms with Gasteiger partial charge in [-0.05, 0) is 29.3 Å². The Hall–Kier alpha value is -1.91. The predicted molar refractivity (Wildman–Crippen MR) is 79.3 cm³/mol. The third-order valence-electron chi connectivity index (χ3n) is 3.03. The number of hydrogen-bond acceptors (Lipinski definition) is 4. The lowest BCUT2D eigenvalue weighted by Gasteiger charge is -2.07. The van der Waals surface area contributed by atoms with Crippen molar-refractivity contribution in [3.63, 3.8) is 0 Å². The lowest BCUT2D eigenvalue weighted by Crippen LogP contribution is -1.99. The summed E-state index contributed by atoms with van der Waals surface area (Å²) in [5.74, 6) is 0. The van der Waals surface area contributed by atoms with Gasteiger partial charge in [0.2, 0.25) is 0 Å². The minimum absolute atomic E-state index is 0.0930. The summed E-state index contributed by atoms with van der Waals surface area (Å²) in [4.78, 5) is 4.26. The standard InChI is InChI=1S/C15H14N2OS/c18-9-12-3-1-11(2-4-12)8-16-13-5-6-14-15(7-13)19-10-17-14/h1-7,10,16,18H,8-9H2. The SMILES string of the molecule is OCc1ccc(CNc2ccc3ncsc3c2)cc1. The van der Waals surface area contributed by atoms with Crippen LogP contribution in [0.25, 0.3) is 10.2 Å². The molecule has 0 saturated carbocycles. The summed E-state index contributed by atoms with van der Waals surface area (Å²) in [6.45, 7) is 0.867. The van der Waals surface area contributed by atoms with Crippen LogP contribution < -0.4 is 5.32 Å². The van der Waals surface area contributed by atoms with Gasteiger partial charge in [0.15, 0.2) is 0 Å². The fourth-order valence-corrected chi connectivity index (χ4v) is 2.65. The van der Waals surface area contributed by atoms with Crippen LogP contribution in [0.3, 0.4) is 0 Å². The van der Waals surface area contributed by atoms with E-state index in [1.807, 2.05) is 41.9 Å². The van der Waals surface area contributed by atoms with E-state index < -0.39 is 0 Å². The number of fused-ring (bicyclic) bond motifs is 1.